The van der Waals surface area contributed by atoms with Crippen molar-refractivity contribution in [1.82, 2.24) is 0 Å². The Kier molecular flexibility index (Phi) is 7.83. The van der Waals surface area contributed by atoms with Crippen LogP contribution in [0.25, 0.3) is 0 Å². The third kappa shape index (κ3) is 8.35. The Morgan fingerprint density at radius 1 is 1.14 bits per heavy atom. The number of carbonyl (C=O) groups is 2. The maximum atomic E-state index is 11.5. The molecule has 0 aliphatic heterocycles. The average molecular weight is 313 g/mol. The lowest BCUT2D eigenvalue weighted by Gasteiger charge is -2.07. The second-order valence-corrected chi connectivity index (χ2v) is 5.66. The number of halogens is 1. The third-order valence-corrected chi connectivity index (χ3v) is 2.86. The first kappa shape index (κ1) is 17.5. The van der Waals surface area contributed by atoms with Crippen molar-refractivity contribution in [1.29, 1.82) is 0 Å². The molecule has 1 aromatic carbocycles. The van der Waals surface area contributed by atoms with Crippen LogP contribution >= 0.6 is 11.6 Å². The Morgan fingerprint density at radius 2 is 1.81 bits per heavy atom. The fourth-order valence-electron chi connectivity index (χ4n) is 1.57. The quantitative estimate of drug-likeness (QED) is 0.686. The Bertz CT molecular complexity index is 471. The Morgan fingerprint density at radius 3 is 2.43 bits per heavy atom. The van der Waals surface area contributed by atoms with Crippen LogP contribution in [-0.4, -0.2) is 18.5 Å². The topological polar surface area (TPSA) is 52.6 Å². The van der Waals surface area contributed by atoms with E-state index in [0.29, 0.717) is 24.0 Å². The minimum atomic E-state index is -0.327. The van der Waals surface area contributed by atoms with Gasteiger partial charge in [0.05, 0.1) is 6.61 Å². The zero-order valence-corrected chi connectivity index (χ0v) is 13.2. The first-order valence-corrected chi connectivity index (χ1v) is 7.41. The number of carbonyl (C=O) groups excluding carboxylic acids is 2. The molecule has 0 amide bonds. The van der Waals surface area contributed by atoms with Crippen molar-refractivity contribution in [2.45, 2.75) is 39.7 Å². The van der Waals surface area contributed by atoms with E-state index >= 15 is 0 Å². The number of ether oxygens (including phenoxy) is 2. The predicted octanol–water partition coefficient (Wildman–Crippen LogP) is 3.75. The van der Waals surface area contributed by atoms with Crippen LogP contribution < -0.4 is 0 Å². The predicted molar refractivity (Wildman–Crippen MR) is 80.9 cm³/mol. The number of hydrogen-bond donors (Lipinski definition) is 0. The molecule has 0 heterocycles. The van der Waals surface area contributed by atoms with Crippen LogP contribution in [0.15, 0.2) is 24.3 Å². The van der Waals surface area contributed by atoms with Gasteiger partial charge in [-0.2, -0.15) is 0 Å². The largest absolute Gasteiger partial charge is 0.465 e. The molecule has 4 nitrogen and oxygen atoms in total. The van der Waals surface area contributed by atoms with E-state index in [-0.39, 0.29) is 31.4 Å². The van der Waals surface area contributed by atoms with Gasteiger partial charge in [0.2, 0.25) is 0 Å². The molecule has 0 aliphatic rings. The monoisotopic (exact) mass is 312 g/mol. The van der Waals surface area contributed by atoms with Gasteiger partial charge in [-0.1, -0.05) is 37.6 Å². The molecule has 0 N–H and O–H groups in total. The summed E-state index contributed by atoms with van der Waals surface area (Å²) in [5.74, 6) is -0.283. The van der Waals surface area contributed by atoms with Crippen molar-refractivity contribution in [2.24, 2.45) is 5.92 Å². The first-order chi connectivity index (χ1) is 9.97. The Hall–Kier alpha value is -1.55. The highest BCUT2D eigenvalue weighted by molar-refractivity contribution is 6.30. The molecule has 21 heavy (non-hydrogen) atoms. The lowest BCUT2D eigenvalue weighted by Crippen LogP contribution is -2.11. The van der Waals surface area contributed by atoms with E-state index in [1.807, 2.05) is 19.9 Å². The van der Waals surface area contributed by atoms with Crippen LogP contribution in [0.1, 0.15) is 38.7 Å². The summed E-state index contributed by atoms with van der Waals surface area (Å²) in [4.78, 5) is 22.9. The molecule has 1 aromatic rings. The van der Waals surface area contributed by atoms with Crippen molar-refractivity contribution in [3.05, 3.63) is 34.9 Å². The van der Waals surface area contributed by atoms with Crippen molar-refractivity contribution in [3.8, 4) is 0 Å². The summed E-state index contributed by atoms with van der Waals surface area (Å²) in [6.45, 7) is 4.55. The van der Waals surface area contributed by atoms with E-state index < -0.39 is 0 Å². The smallest absolute Gasteiger partial charge is 0.306 e. The van der Waals surface area contributed by atoms with Gasteiger partial charge in [-0.05, 0) is 30.0 Å². The molecule has 116 valence electrons. The van der Waals surface area contributed by atoms with Crippen LogP contribution in [0.3, 0.4) is 0 Å². The number of esters is 2. The highest BCUT2D eigenvalue weighted by Crippen LogP contribution is 2.12. The Balaban J connectivity index is 2.15. The normalized spacial score (nSPS) is 10.5. The average Bonchev–Trinajstić information content (AvgIpc) is 2.43. The van der Waals surface area contributed by atoms with E-state index in [9.17, 15) is 9.59 Å². The molecule has 0 unspecified atom stereocenters. The highest BCUT2D eigenvalue weighted by Gasteiger charge is 2.08. The molecule has 0 radical (unpaired) electrons. The van der Waals surface area contributed by atoms with Gasteiger partial charge in [-0.15, -0.1) is 0 Å². The SMILES string of the molecule is CC(C)COC(=O)CCCC(=O)OCc1cccc(Cl)c1. The van der Waals surface area contributed by atoms with E-state index in [1.54, 1.807) is 18.2 Å². The minimum absolute atomic E-state index is 0.192. The molecular weight excluding hydrogens is 292 g/mol. The number of benzene rings is 1. The summed E-state index contributed by atoms with van der Waals surface area (Å²) < 4.78 is 10.1. The molecule has 0 aromatic heterocycles. The van der Waals surface area contributed by atoms with Crippen LogP contribution in [-0.2, 0) is 25.7 Å². The molecule has 0 fully saturated rings. The van der Waals surface area contributed by atoms with Crippen LogP contribution in [0.5, 0.6) is 0 Å². The number of rotatable bonds is 8. The lowest BCUT2D eigenvalue weighted by atomic mass is 10.2. The molecule has 0 saturated carbocycles. The van der Waals surface area contributed by atoms with Crippen molar-refractivity contribution in [2.75, 3.05) is 6.61 Å². The molecule has 0 spiro atoms. The van der Waals surface area contributed by atoms with Crippen LogP contribution in [0, 0.1) is 5.92 Å². The molecule has 0 aliphatic carbocycles. The molecule has 5 heteroatoms. The van der Waals surface area contributed by atoms with Gasteiger partial charge in [0.25, 0.3) is 0 Å². The molecule has 0 atom stereocenters. The van der Waals surface area contributed by atoms with Crippen LogP contribution in [0.4, 0.5) is 0 Å². The summed E-state index contributed by atoms with van der Waals surface area (Å²) >= 11 is 5.84. The molecule has 0 saturated heterocycles. The summed E-state index contributed by atoms with van der Waals surface area (Å²) in [5.41, 5.74) is 0.840. The standard InChI is InChI=1S/C16H21ClO4/c1-12(2)10-20-15(18)7-4-8-16(19)21-11-13-5-3-6-14(17)9-13/h3,5-6,9,12H,4,7-8,10-11H2,1-2H3. The Labute approximate surface area is 130 Å². The molecule has 1 rings (SSSR count). The van der Waals surface area contributed by atoms with Gasteiger partial charge in [0, 0.05) is 17.9 Å². The van der Waals surface area contributed by atoms with E-state index in [0.717, 1.165) is 5.56 Å². The molecule has 0 bridgehead atoms. The summed E-state index contributed by atoms with van der Waals surface area (Å²) in [6.07, 6.45) is 0.877. The van der Waals surface area contributed by atoms with E-state index in [2.05, 4.69) is 0 Å². The lowest BCUT2D eigenvalue weighted by molar-refractivity contribution is -0.146. The van der Waals surface area contributed by atoms with Crippen molar-refractivity contribution in [3.63, 3.8) is 0 Å². The van der Waals surface area contributed by atoms with E-state index in [4.69, 9.17) is 21.1 Å². The third-order valence-electron chi connectivity index (χ3n) is 2.63. The first-order valence-electron chi connectivity index (χ1n) is 7.03. The van der Waals surface area contributed by atoms with Gasteiger partial charge in [-0.3, -0.25) is 9.59 Å². The second kappa shape index (κ2) is 9.40. The summed E-state index contributed by atoms with van der Waals surface area (Å²) in [6, 6.07) is 7.15. The maximum Gasteiger partial charge on any atom is 0.306 e. The van der Waals surface area contributed by atoms with Gasteiger partial charge < -0.3 is 9.47 Å². The highest BCUT2D eigenvalue weighted by atomic mass is 35.5. The summed E-state index contributed by atoms with van der Waals surface area (Å²) in [5, 5.41) is 0.608. The molecular formula is C16H21ClO4. The minimum Gasteiger partial charge on any atom is -0.465 e. The zero-order chi connectivity index (χ0) is 15.7. The fraction of sp³-hybridized carbons (Fsp3) is 0.500. The second-order valence-electron chi connectivity index (χ2n) is 5.22. The van der Waals surface area contributed by atoms with Crippen molar-refractivity contribution < 1.29 is 19.1 Å². The van der Waals surface area contributed by atoms with Gasteiger partial charge >= 0.3 is 11.9 Å². The fourth-order valence-corrected chi connectivity index (χ4v) is 1.78. The van der Waals surface area contributed by atoms with Crippen LogP contribution in [0.2, 0.25) is 5.02 Å². The number of hydrogen-bond acceptors (Lipinski definition) is 4. The van der Waals surface area contributed by atoms with Gasteiger partial charge in [0.15, 0.2) is 0 Å². The zero-order valence-electron chi connectivity index (χ0n) is 12.4. The van der Waals surface area contributed by atoms with Crippen molar-refractivity contribution >= 4 is 23.5 Å². The van der Waals surface area contributed by atoms with E-state index in [1.165, 1.54) is 0 Å². The van der Waals surface area contributed by atoms with Gasteiger partial charge in [-0.25, -0.2) is 0 Å². The van der Waals surface area contributed by atoms with Gasteiger partial charge in [0.1, 0.15) is 6.61 Å². The maximum absolute atomic E-state index is 11.5. The summed E-state index contributed by atoms with van der Waals surface area (Å²) in [7, 11) is 0.